The fourth-order valence-electron chi connectivity index (χ4n) is 3.84. The molecule has 3 atom stereocenters. The summed E-state index contributed by atoms with van der Waals surface area (Å²) in [6.07, 6.45) is 7.69. The highest BCUT2D eigenvalue weighted by molar-refractivity contribution is 5.27. The summed E-state index contributed by atoms with van der Waals surface area (Å²) in [4.78, 5) is 0. The maximum absolute atomic E-state index is 6.01. The van der Waals surface area contributed by atoms with Crippen molar-refractivity contribution in [3.63, 3.8) is 0 Å². The zero-order valence-corrected chi connectivity index (χ0v) is 11.5. The SMILES string of the molecule is c1ccc(C2CC2NC2CCOC3(CCC3)C2)cc1. The molecule has 2 saturated carbocycles. The van der Waals surface area contributed by atoms with Gasteiger partial charge in [-0.2, -0.15) is 0 Å². The fraction of sp³-hybridized carbons (Fsp3) is 0.647. The number of hydrogen-bond donors (Lipinski definition) is 1. The van der Waals surface area contributed by atoms with Gasteiger partial charge < -0.3 is 10.1 Å². The normalized spacial score (nSPS) is 35.9. The third-order valence-corrected chi connectivity index (χ3v) is 5.23. The van der Waals surface area contributed by atoms with Gasteiger partial charge in [-0.1, -0.05) is 30.3 Å². The van der Waals surface area contributed by atoms with Crippen molar-refractivity contribution in [2.24, 2.45) is 0 Å². The molecule has 0 aromatic heterocycles. The molecule has 1 heterocycles. The molecule has 0 bridgehead atoms. The summed E-state index contributed by atoms with van der Waals surface area (Å²) in [6.45, 7) is 0.959. The third-order valence-electron chi connectivity index (χ3n) is 5.23. The first-order valence-corrected chi connectivity index (χ1v) is 7.80. The second kappa shape index (κ2) is 4.60. The van der Waals surface area contributed by atoms with E-state index in [2.05, 4.69) is 35.6 Å². The monoisotopic (exact) mass is 257 g/mol. The van der Waals surface area contributed by atoms with E-state index in [1.54, 1.807) is 0 Å². The highest BCUT2D eigenvalue weighted by atomic mass is 16.5. The van der Waals surface area contributed by atoms with Crippen molar-refractivity contribution in [1.29, 1.82) is 0 Å². The van der Waals surface area contributed by atoms with Crippen molar-refractivity contribution in [2.45, 2.75) is 62.1 Å². The average molecular weight is 257 g/mol. The highest BCUT2D eigenvalue weighted by Gasteiger charge is 2.45. The maximum atomic E-state index is 6.01. The van der Waals surface area contributed by atoms with Crippen molar-refractivity contribution in [3.8, 4) is 0 Å². The smallest absolute Gasteiger partial charge is 0.0697 e. The lowest BCUT2D eigenvalue weighted by Crippen LogP contribution is -2.51. The van der Waals surface area contributed by atoms with Gasteiger partial charge >= 0.3 is 0 Å². The summed E-state index contributed by atoms with van der Waals surface area (Å²) in [5.41, 5.74) is 1.78. The van der Waals surface area contributed by atoms with Crippen LogP contribution >= 0.6 is 0 Å². The lowest BCUT2D eigenvalue weighted by molar-refractivity contribution is -0.135. The van der Waals surface area contributed by atoms with Gasteiger partial charge in [0.15, 0.2) is 0 Å². The van der Waals surface area contributed by atoms with Crippen LogP contribution in [-0.4, -0.2) is 24.3 Å². The van der Waals surface area contributed by atoms with Crippen LogP contribution in [0.4, 0.5) is 0 Å². The molecule has 3 fully saturated rings. The van der Waals surface area contributed by atoms with Gasteiger partial charge in [-0.15, -0.1) is 0 Å². The molecule has 102 valence electrons. The molecular formula is C17H23NO. The molecule has 3 unspecified atom stereocenters. The molecular weight excluding hydrogens is 234 g/mol. The van der Waals surface area contributed by atoms with E-state index >= 15 is 0 Å². The Balaban J connectivity index is 1.33. The lowest BCUT2D eigenvalue weighted by Gasteiger charge is -2.47. The van der Waals surface area contributed by atoms with Gasteiger partial charge in [0.25, 0.3) is 0 Å². The predicted octanol–water partition coefficient (Wildman–Crippen LogP) is 3.23. The summed E-state index contributed by atoms with van der Waals surface area (Å²) < 4.78 is 6.01. The van der Waals surface area contributed by atoms with E-state index in [4.69, 9.17) is 4.74 Å². The van der Waals surface area contributed by atoms with Crippen LogP contribution in [0.15, 0.2) is 30.3 Å². The number of benzene rings is 1. The van der Waals surface area contributed by atoms with Crippen molar-refractivity contribution in [2.75, 3.05) is 6.61 Å². The standard InChI is InChI=1S/C17H23NO/c1-2-5-13(6-3-1)15-11-16(15)18-14-7-10-19-17(12-14)8-4-9-17/h1-3,5-6,14-16,18H,4,7-12H2. The Hall–Kier alpha value is -0.860. The van der Waals surface area contributed by atoms with E-state index in [-0.39, 0.29) is 5.60 Å². The molecule has 4 rings (SSSR count). The van der Waals surface area contributed by atoms with Crippen molar-refractivity contribution in [3.05, 3.63) is 35.9 Å². The van der Waals surface area contributed by atoms with E-state index in [9.17, 15) is 0 Å². The number of ether oxygens (including phenoxy) is 1. The minimum absolute atomic E-state index is 0.271. The first kappa shape index (κ1) is 11.9. The Kier molecular flexibility index (Phi) is 2.89. The summed E-state index contributed by atoms with van der Waals surface area (Å²) >= 11 is 0. The van der Waals surface area contributed by atoms with Gasteiger partial charge in [-0.25, -0.2) is 0 Å². The third kappa shape index (κ3) is 2.32. The molecule has 1 aliphatic heterocycles. The topological polar surface area (TPSA) is 21.3 Å². The van der Waals surface area contributed by atoms with Crippen LogP contribution in [0, 0.1) is 0 Å². The van der Waals surface area contributed by atoms with Crippen LogP contribution in [0.2, 0.25) is 0 Å². The molecule has 2 heteroatoms. The Morgan fingerprint density at radius 1 is 1.16 bits per heavy atom. The minimum atomic E-state index is 0.271. The van der Waals surface area contributed by atoms with Crippen LogP contribution in [-0.2, 0) is 4.74 Å². The van der Waals surface area contributed by atoms with Crippen LogP contribution < -0.4 is 5.32 Å². The van der Waals surface area contributed by atoms with Crippen molar-refractivity contribution >= 4 is 0 Å². The maximum Gasteiger partial charge on any atom is 0.0697 e. The van der Waals surface area contributed by atoms with Crippen LogP contribution in [0.5, 0.6) is 0 Å². The van der Waals surface area contributed by atoms with E-state index < -0.39 is 0 Å². The molecule has 0 radical (unpaired) electrons. The van der Waals surface area contributed by atoms with Gasteiger partial charge in [-0.05, 0) is 44.1 Å². The van der Waals surface area contributed by atoms with E-state index in [0.717, 1.165) is 12.5 Å². The molecule has 19 heavy (non-hydrogen) atoms. The van der Waals surface area contributed by atoms with Crippen molar-refractivity contribution in [1.82, 2.24) is 5.32 Å². The van der Waals surface area contributed by atoms with Crippen molar-refractivity contribution < 1.29 is 4.74 Å². The zero-order valence-electron chi connectivity index (χ0n) is 11.5. The Morgan fingerprint density at radius 2 is 2.00 bits per heavy atom. The number of rotatable bonds is 3. The largest absolute Gasteiger partial charge is 0.375 e. The van der Waals surface area contributed by atoms with E-state index in [1.165, 1.54) is 44.1 Å². The quantitative estimate of drug-likeness (QED) is 0.897. The molecule has 2 aliphatic carbocycles. The highest BCUT2D eigenvalue weighted by Crippen LogP contribution is 2.45. The first-order chi connectivity index (χ1) is 9.35. The minimum Gasteiger partial charge on any atom is -0.375 e. The van der Waals surface area contributed by atoms with Gasteiger partial charge in [0.1, 0.15) is 0 Å². The molecule has 2 nitrogen and oxygen atoms in total. The molecule has 0 amide bonds. The second-order valence-corrected chi connectivity index (χ2v) is 6.60. The van der Waals surface area contributed by atoms with Crippen LogP contribution in [0.3, 0.4) is 0 Å². The fourth-order valence-corrected chi connectivity index (χ4v) is 3.84. The molecule has 3 aliphatic rings. The first-order valence-electron chi connectivity index (χ1n) is 7.80. The zero-order chi connectivity index (χ0) is 12.7. The van der Waals surface area contributed by atoms with Gasteiger partial charge in [0, 0.05) is 24.6 Å². The Bertz CT molecular complexity index is 440. The van der Waals surface area contributed by atoms with Gasteiger partial charge in [0.05, 0.1) is 5.60 Å². The average Bonchev–Trinajstić information content (AvgIpc) is 3.18. The molecule has 1 N–H and O–H groups in total. The second-order valence-electron chi connectivity index (χ2n) is 6.60. The molecule has 1 aromatic carbocycles. The van der Waals surface area contributed by atoms with Crippen LogP contribution in [0.1, 0.15) is 50.0 Å². The molecule has 1 spiro atoms. The number of hydrogen-bond acceptors (Lipinski definition) is 2. The van der Waals surface area contributed by atoms with Gasteiger partial charge in [0.2, 0.25) is 0 Å². The predicted molar refractivity (Wildman–Crippen MR) is 76.3 cm³/mol. The van der Waals surface area contributed by atoms with Crippen LogP contribution in [0.25, 0.3) is 0 Å². The summed E-state index contributed by atoms with van der Waals surface area (Å²) in [7, 11) is 0. The van der Waals surface area contributed by atoms with E-state index in [0.29, 0.717) is 12.1 Å². The number of nitrogens with one attached hydrogen (secondary N) is 1. The summed E-state index contributed by atoms with van der Waals surface area (Å²) in [6, 6.07) is 12.3. The Morgan fingerprint density at radius 3 is 2.74 bits per heavy atom. The lowest BCUT2D eigenvalue weighted by atomic mass is 9.74. The summed E-state index contributed by atoms with van der Waals surface area (Å²) in [5, 5.41) is 3.88. The molecule has 1 saturated heterocycles. The van der Waals surface area contributed by atoms with Gasteiger partial charge in [-0.3, -0.25) is 0 Å². The summed E-state index contributed by atoms with van der Waals surface area (Å²) in [5.74, 6) is 0.751. The Labute approximate surface area is 115 Å². The molecule has 1 aromatic rings. The van der Waals surface area contributed by atoms with E-state index in [1.807, 2.05) is 0 Å².